The Kier molecular flexibility index (Phi) is 3.82. The summed E-state index contributed by atoms with van der Waals surface area (Å²) in [6, 6.07) is 2.83. The Labute approximate surface area is 104 Å². The molecule has 2 rings (SSSR count). The minimum Gasteiger partial charge on any atom is -0.313 e. The maximum atomic E-state index is 12.9. The van der Waals surface area contributed by atoms with Gasteiger partial charge in [-0.05, 0) is 31.5 Å². The summed E-state index contributed by atoms with van der Waals surface area (Å²) in [6.07, 6.45) is 1.75. The summed E-state index contributed by atoms with van der Waals surface area (Å²) in [4.78, 5) is 0. The molecule has 7 heteroatoms. The third-order valence-corrected chi connectivity index (χ3v) is 4.16. The van der Waals surface area contributed by atoms with Crippen molar-refractivity contribution in [2.75, 3.05) is 17.0 Å². The monoisotopic (exact) mass is 276 g/mol. The van der Waals surface area contributed by atoms with E-state index in [4.69, 9.17) is 0 Å². The van der Waals surface area contributed by atoms with Gasteiger partial charge in [0.2, 0.25) is 10.0 Å². The third kappa shape index (κ3) is 3.39. The topological polar surface area (TPSA) is 58.2 Å². The van der Waals surface area contributed by atoms with E-state index in [0.717, 1.165) is 31.5 Å². The summed E-state index contributed by atoms with van der Waals surface area (Å²) in [5.41, 5.74) is 0.0342. The smallest absolute Gasteiger partial charge is 0.234 e. The number of hydrogen-bond acceptors (Lipinski definition) is 3. The molecule has 1 aliphatic heterocycles. The zero-order chi connectivity index (χ0) is 13.2. The van der Waals surface area contributed by atoms with Gasteiger partial charge in [0.05, 0.1) is 11.4 Å². The highest BCUT2D eigenvalue weighted by Gasteiger charge is 2.22. The molecule has 1 atom stereocenters. The number of benzene rings is 1. The van der Waals surface area contributed by atoms with Crippen molar-refractivity contribution in [2.24, 2.45) is 0 Å². The van der Waals surface area contributed by atoms with Crippen LogP contribution in [0.1, 0.15) is 12.8 Å². The quantitative estimate of drug-likeness (QED) is 0.875. The van der Waals surface area contributed by atoms with E-state index in [-0.39, 0.29) is 17.5 Å². The molecule has 1 aromatic rings. The molecule has 0 saturated carbocycles. The van der Waals surface area contributed by atoms with Crippen LogP contribution in [0.5, 0.6) is 0 Å². The van der Waals surface area contributed by atoms with Crippen molar-refractivity contribution in [3.8, 4) is 0 Å². The standard InChI is InChI=1S/C11H14F2N2O2S/c12-10-4-3-8(6-11(10)13)15-18(16,17)7-9-2-1-5-14-9/h3-4,6,9,14-15H,1-2,5,7H2. The normalized spacial score (nSPS) is 20.0. The van der Waals surface area contributed by atoms with Gasteiger partial charge in [-0.2, -0.15) is 0 Å². The molecule has 0 radical (unpaired) electrons. The zero-order valence-corrected chi connectivity index (χ0v) is 10.4. The van der Waals surface area contributed by atoms with E-state index < -0.39 is 21.7 Å². The van der Waals surface area contributed by atoms with Gasteiger partial charge in [-0.3, -0.25) is 4.72 Å². The number of rotatable bonds is 4. The van der Waals surface area contributed by atoms with E-state index in [0.29, 0.717) is 0 Å². The molecule has 0 spiro atoms. The Balaban J connectivity index is 2.04. The van der Waals surface area contributed by atoms with Crippen molar-refractivity contribution in [1.82, 2.24) is 5.32 Å². The fourth-order valence-corrected chi connectivity index (χ4v) is 3.33. The molecule has 100 valence electrons. The van der Waals surface area contributed by atoms with Crippen molar-refractivity contribution >= 4 is 15.7 Å². The van der Waals surface area contributed by atoms with E-state index in [2.05, 4.69) is 10.0 Å². The van der Waals surface area contributed by atoms with Gasteiger partial charge < -0.3 is 5.32 Å². The van der Waals surface area contributed by atoms with Gasteiger partial charge in [0.25, 0.3) is 0 Å². The molecule has 0 bridgehead atoms. The van der Waals surface area contributed by atoms with Crippen LogP contribution in [0.15, 0.2) is 18.2 Å². The molecular weight excluding hydrogens is 262 g/mol. The number of sulfonamides is 1. The minimum atomic E-state index is -3.55. The van der Waals surface area contributed by atoms with Gasteiger partial charge in [0, 0.05) is 12.1 Å². The lowest BCUT2D eigenvalue weighted by molar-refractivity contribution is 0.509. The first kappa shape index (κ1) is 13.2. The van der Waals surface area contributed by atoms with Crippen LogP contribution in [-0.4, -0.2) is 26.8 Å². The Bertz CT molecular complexity index is 528. The van der Waals surface area contributed by atoms with E-state index in [9.17, 15) is 17.2 Å². The molecule has 1 aliphatic rings. The highest BCUT2D eigenvalue weighted by atomic mass is 32.2. The Morgan fingerprint density at radius 2 is 2.11 bits per heavy atom. The molecular formula is C11H14F2N2O2S. The summed E-state index contributed by atoms with van der Waals surface area (Å²) >= 11 is 0. The largest absolute Gasteiger partial charge is 0.313 e. The summed E-state index contributed by atoms with van der Waals surface area (Å²) in [5.74, 6) is -2.14. The molecule has 0 amide bonds. The van der Waals surface area contributed by atoms with E-state index >= 15 is 0 Å². The first-order valence-corrected chi connectivity index (χ1v) is 7.30. The van der Waals surface area contributed by atoms with Crippen molar-refractivity contribution in [1.29, 1.82) is 0 Å². The number of hydrogen-bond donors (Lipinski definition) is 2. The van der Waals surface area contributed by atoms with Crippen LogP contribution in [0, 0.1) is 11.6 Å². The highest BCUT2D eigenvalue weighted by Crippen LogP contribution is 2.16. The van der Waals surface area contributed by atoms with E-state index in [1.807, 2.05) is 0 Å². The van der Waals surface area contributed by atoms with Crippen molar-refractivity contribution < 1.29 is 17.2 Å². The second-order valence-corrected chi connectivity index (χ2v) is 6.07. The maximum Gasteiger partial charge on any atom is 0.234 e. The van der Waals surface area contributed by atoms with Crippen molar-refractivity contribution in [2.45, 2.75) is 18.9 Å². The van der Waals surface area contributed by atoms with Crippen LogP contribution >= 0.6 is 0 Å². The van der Waals surface area contributed by atoms with E-state index in [1.54, 1.807) is 0 Å². The van der Waals surface area contributed by atoms with Crippen LogP contribution in [0.3, 0.4) is 0 Å². The Morgan fingerprint density at radius 1 is 1.33 bits per heavy atom. The lowest BCUT2D eigenvalue weighted by Crippen LogP contribution is -2.32. The Hall–Kier alpha value is -1.21. The molecule has 18 heavy (non-hydrogen) atoms. The average molecular weight is 276 g/mol. The molecule has 4 nitrogen and oxygen atoms in total. The van der Waals surface area contributed by atoms with Gasteiger partial charge in [-0.1, -0.05) is 0 Å². The lowest BCUT2D eigenvalue weighted by atomic mass is 10.3. The van der Waals surface area contributed by atoms with E-state index in [1.165, 1.54) is 6.07 Å². The zero-order valence-electron chi connectivity index (χ0n) is 9.62. The number of anilines is 1. The summed E-state index contributed by atoms with van der Waals surface area (Å²) in [6.45, 7) is 0.811. The maximum absolute atomic E-state index is 12.9. The van der Waals surface area contributed by atoms with Crippen LogP contribution in [0.25, 0.3) is 0 Å². The summed E-state index contributed by atoms with van der Waals surface area (Å²) in [7, 11) is -3.55. The van der Waals surface area contributed by atoms with Gasteiger partial charge in [-0.15, -0.1) is 0 Å². The molecule has 0 aliphatic carbocycles. The predicted octanol–water partition coefficient (Wildman–Crippen LogP) is 1.46. The van der Waals surface area contributed by atoms with Crippen LogP contribution < -0.4 is 10.0 Å². The SMILES string of the molecule is O=S(=O)(CC1CCCN1)Nc1ccc(F)c(F)c1. The summed E-state index contributed by atoms with van der Waals surface area (Å²) < 4.78 is 51.4. The Morgan fingerprint density at radius 3 is 2.72 bits per heavy atom. The number of nitrogens with one attached hydrogen (secondary N) is 2. The second-order valence-electron chi connectivity index (χ2n) is 4.31. The fraction of sp³-hybridized carbons (Fsp3) is 0.455. The first-order valence-electron chi connectivity index (χ1n) is 5.65. The summed E-state index contributed by atoms with van der Waals surface area (Å²) in [5, 5.41) is 3.07. The minimum absolute atomic E-state index is 0.0342. The van der Waals surface area contributed by atoms with Crippen LogP contribution in [-0.2, 0) is 10.0 Å². The third-order valence-electron chi connectivity index (χ3n) is 2.78. The lowest BCUT2D eigenvalue weighted by Gasteiger charge is -2.12. The van der Waals surface area contributed by atoms with Gasteiger partial charge in [0.15, 0.2) is 11.6 Å². The van der Waals surface area contributed by atoms with Crippen LogP contribution in [0.2, 0.25) is 0 Å². The number of halogens is 2. The predicted molar refractivity (Wildman–Crippen MR) is 64.8 cm³/mol. The van der Waals surface area contributed by atoms with Crippen molar-refractivity contribution in [3.05, 3.63) is 29.8 Å². The molecule has 2 N–H and O–H groups in total. The van der Waals surface area contributed by atoms with Gasteiger partial charge in [0.1, 0.15) is 0 Å². The molecule has 0 aromatic heterocycles. The molecule has 1 saturated heterocycles. The first-order chi connectivity index (χ1) is 8.46. The fourth-order valence-electron chi connectivity index (χ4n) is 1.94. The van der Waals surface area contributed by atoms with Gasteiger partial charge in [-0.25, -0.2) is 17.2 Å². The van der Waals surface area contributed by atoms with Crippen molar-refractivity contribution in [3.63, 3.8) is 0 Å². The second kappa shape index (κ2) is 5.19. The van der Waals surface area contributed by atoms with Crippen LogP contribution in [0.4, 0.5) is 14.5 Å². The highest BCUT2D eigenvalue weighted by molar-refractivity contribution is 7.92. The molecule has 1 aromatic carbocycles. The van der Waals surface area contributed by atoms with Gasteiger partial charge >= 0.3 is 0 Å². The molecule has 1 unspecified atom stereocenters. The average Bonchev–Trinajstić information content (AvgIpc) is 2.75. The molecule has 1 heterocycles. The molecule has 1 fully saturated rings.